The Hall–Kier alpha value is -0.786. The minimum atomic E-state index is -2.10. The minimum absolute atomic E-state index is 0. The molecule has 3 heteroatoms. The fourth-order valence-electron chi connectivity index (χ4n) is 6.31. The summed E-state index contributed by atoms with van der Waals surface area (Å²) in [5.41, 5.74) is 15.8. The third-order valence-electron chi connectivity index (χ3n) is 7.66. The number of halogens is 2. The van der Waals surface area contributed by atoms with Crippen LogP contribution in [0, 0.1) is 27.7 Å². The van der Waals surface area contributed by atoms with Crippen molar-refractivity contribution in [3.8, 4) is 0 Å². The zero-order chi connectivity index (χ0) is 19.1. The van der Waals surface area contributed by atoms with Crippen molar-refractivity contribution >= 4 is 12.2 Å². The molecular formula is C26H30Cl2Ti. The second kappa shape index (κ2) is 7.72. The van der Waals surface area contributed by atoms with Crippen LogP contribution in [0.2, 0.25) is 9.45 Å². The Morgan fingerprint density at radius 3 is 1.28 bits per heavy atom. The van der Waals surface area contributed by atoms with Gasteiger partial charge in [-0.15, -0.1) is 0 Å². The summed E-state index contributed by atoms with van der Waals surface area (Å²) in [6.07, 6.45) is 5.07. The predicted octanol–water partition coefficient (Wildman–Crippen LogP) is 1.55. The van der Waals surface area contributed by atoms with Gasteiger partial charge in [0.1, 0.15) is 0 Å². The second-order valence-electron chi connectivity index (χ2n) is 9.43. The van der Waals surface area contributed by atoms with E-state index in [1.54, 1.807) is 33.4 Å². The first-order valence-corrected chi connectivity index (χ1v) is 14.4. The van der Waals surface area contributed by atoms with Crippen molar-refractivity contribution in [1.82, 2.24) is 0 Å². The molecule has 1 fully saturated rings. The van der Waals surface area contributed by atoms with Gasteiger partial charge in [0.15, 0.2) is 0 Å². The van der Waals surface area contributed by atoms with Gasteiger partial charge in [-0.3, -0.25) is 0 Å². The van der Waals surface area contributed by atoms with Crippen molar-refractivity contribution in [2.75, 3.05) is 0 Å². The molecule has 0 amide bonds. The monoisotopic (exact) mass is 460 g/mol. The van der Waals surface area contributed by atoms with Gasteiger partial charge in [0, 0.05) is 0 Å². The van der Waals surface area contributed by atoms with Crippen molar-refractivity contribution in [2.45, 2.75) is 59.4 Å². The van der Waals surface area contributed by atoms with E-state index in [4.69, 9.17) is 0 Å². The van der Waals surface area contributed by atoms with Gasteiger partial charge in [0.25, 0.3) is 0 Å². The summed E-state index contributed by atoms with van der Waals surface area (Å²) in [6.45, 7) is 14.1. The van der Waals surface area contributed by atoms with E-state index in [2.05, 4.69) is 78.0 Å². The number of benzene rings is 2. The Morgan fingerprint density at radius 1 is 0.586 bits per heavy atom. The average Bonchev–Trinajstić information content (AvgIpc) is 3.19. The molecule has 0 N–H and O–H groups in total. The van der Waals surface area contributed by atoms with Gasteiger partial charge < -0.3 is 24.8 Å². The quantitative estimate of drug-likeness (QED) is 0.596. The van der Waals surface area contributed by atoms with Crippen LogP contribution in [-0.2, 0) is 16.6 Å². The van der Waals surface area contributed by atoms with Crippen LogP contribution in [0.15, 0.2) is 35.4 Å². The molecule has 0 radical (unpaired) electrons. The molecule has 0 saturated carbocycles. The van der Waals surface area contributed by atoms with Gasteiger partial charge in [0.05, 0.1) is 0 Å². The molecule has 2 aromatic rings. The number of hydrogen-bond donors (Lipinski definition) is 0. The fraction of sp³-hybridized carbons (Fsp3) is 0.385. The summed E-state index contributed by atoms with van der Waals surface area (Å²) in [7, 11) is 0. The van der Waals surface area contributed by atoms with Crippen molar-refractivity contribution in [1.29, 1.82) is 0 Å². The van der Waals surface area contributed by atoms with Gasteiger partial charge in [0.2, 0.25) is 0 Å². The molecule has 29 heavy (non-hydrogen) atoms. The number of rotatable bonds is 2. The molecule has 2 atom stereocenters. The predicted molar refractivity (Wildman–Crippen MR) is 114 cm³/mol. The van der Waals surface area contributed by atoms with Crippen LogP contribution in [0.25, 0.3) is 12.2 Å². The van der Waals surface area contributed by atoms with E-state index in [1.807, 2.05) is 0 Å². The van der Waals surface area contributed by atoms with Crippen LogP contribution in [-0.4, -0.2) is 0 Å². The first kappa shape index (κ1) is 22.9. The molecule has 2 unspecified atom stereocenters. The van der Waals surface area contributed by atoms with Crippen molar-refractivity contribution in [3.63, 3.8) is 0 Å². The molecule has 0 bridgehead atoms. The van der Waals surface area contributed by atoms with Crippen LogP contribution < -0.4 is 24.8 Å². The molecule has 2 aromatic carbocycles. The summed E-state index contributed by atoms with van der Waals surface area (Å²) < 4.78 is 4.59. The van der Waals surface area contributed by atoms with Gasteiger partial charge in [-0.2, -0.15) is 0 Å². The van der Waals surface area contributed by atoms with Crippen LogP contribution in [0.5, 0.6) is 0 Å². The van der Waals surface area contributed by atoms with E-state index < -0.39 is 16.6 Å². The zero-order valence-corrected chi connectivity index (χ0v) is 21.4. The van der Waals surface area contributed by atoms with Crippen molar-refractivity contribution in [3.05, 3.63) is 79.9 Å². The van der Waals surface area contributed by atoms with Gasteiger partial charge in [-0.25, -0.2) is 0 Å². The van der Waals surface area contributed by atoms with Crippen LogP contribution in [0.4, 0.5) is 0 Å². The standard InChI is InChI=1S/2C12H13.C2H4.2ClH.Ti/c2*1-8-6-11-9(2)4-5-10(3)12(11)7-8;1-2;;;/h2*4-7H,1-3H3;1-2H2;2*1H;/q;;;;;+2/p-2. The Morgan fingerprint density at radius 2 is 0.931 bits per heavy atom. The Kier molecular flexibility index (Phi) is 6.09. The second-order valence-corrected chi connectivity index (χ2v) is 16.6. The molecule has 0 aromatic heterocycles. The average molecular weight is 461 g/mol. The maximum atomic E-state index is 2.53. The van der Waals surface area contributed by atoms with Gasteiger partial charge in [-0.05, 0) is 0 Å². The number of aryl methyl sites for hydroxylation is 4. The molecule has 5 rings (SSSR count). The van der Waals surface area contributed by atoms with Crippen LogP contribution in [0.3, 0.4) is 0 Å². The number of hydrogen-bond acceptors (Lipinski definition) is 0. The largest absolute Gasteiger partial charge is 1.00 e. The van der Waals surface area contributed by atoms with E-state index >= 15 is 0 Å². The van der Waals surface area contributed by atoms with E-state index in [9.17, 15) is 0 Å². The minimum Gasteiger partial charge on any atom is -1.00 e. The first-order valence-electron chi connectivity index (χ1n) is 10.4. The number of fused-ring (bicyclic) bond motifs is 2. The van der Waals surface area contributed by atoms with Crippen LogP contribution in [0.1, 0.15) is 66.8 Å². The topological polar surface area (TPSA) is 0 Å². The molecule has 2 aliphatic carbocycles. The zero-order valence-electron chi connectivity index (χ0n) is 18.3. The Bertz CT molecular complexity index is 975. The number of allylic oxidation sites excluding steroid dienone is 2. The van der Waals surface area contributed by atoms with Crippen molar-refractivity contribution < 1.29 is 41.4 Å². The third-order valence-corrected chi connectivity index (χ3v) is 16.2. The molecule has 3 aliphatic rings. The summed E-state index contributed by atoms with van der Waals surface area (Å²) in [5, 5.41) is 0. The fourth-order valence-corrected chi connectivity index (χ4v) is 17.0. The molecular weight excluding hydrogens is 431 g/mol. The van der Waals surface area contributed by atoms with E-state index in [-0.39, 0.29) is 24.8 Å². The Balaban J connectivity index is 0.00000120. The molecule has 1 saturated heterocycles. The third kappa shape index (κ3) is 3.14. The molecule has 1 aliphatic heterocycles. The summed E-state index contributed by atoms with van der Waals surface area (Å²) in [6, 6.07) is 9.37. The smallest absolute Gasteiger partial charge is 1.00 e. The maximum absolute atomic E-state index is 2.53. The van der Waals surface area contributed by atoms with E-state index in [1.165, 1.54) is 31.7 Å². The molecule has 0 spiro atoms. The van der Waals surface area contributed by atoms with Crippen LogP contribution >= 0.6 is 0 Å². The first-order chi connectivity index (χ1) is 12.8. The maximum Gasteiger partial charge on any atom is -1.00 e. The molecule has 1 heterocycles. The van der Waals surface area contributed by atoms with Crippen molar-refractivity contribution in [2.24, 2.45) is 0 Å². The van der Waals surface area contributed by atoms with Gasteiger partial charge >= 0.3 is 168 Å². The Labute approximate surface area is 192 Å². The molecule has 0 nitrogen and oxygen atoms in total. The SMILES string of the molecule is CC1=Cc2c(C)ccc(C)c2[CH]1[Ti+2]1([CH]2C(C)=Cc3c(C)ccc(C)c32)[CH2][CH2]1.[Cl-].[Cl-]. The normalized spacial score (nSPS) is 21.6. The summed E-state index contributed by atoms with van der Waals surface area (Å²) >= 11 is -2.10. The van der Waals surface area contributed by atoms with E-state index in [0.29, 0.717) is 0 Å². The summed E-state index contributed by atoms with van der Waals surface area (Å²) in [5.74, 6) is 0. The van der Waals surface area contributed by atoms with Gasteiger partial charge in [-0.1, -0.05) is 0 Å². The van der Waals surface area contributed by atoms with E-state index in [0.717, 1.165) is 8.45 Å². The molecule has 152 valence electrons. The summed E-state index contributed by atoms with van der Waals surface area (Å²) in [4.78, 5) is 0.